The Bertz CT molecular complexity index is 778. The van der Waals surface area contributed by atoms with Gasteiger partial charge in [0, 0.05) is 23.0 Å². The number of anilines is 3. The number of nitrogens with one attached hydrogen (secondary N) is 1. The molecule has 0 saturated carbocycles. The van der Waals surface area contributed by atoms with E-state index >= 15 is 0 Å². The summed E-state index contributed by atoms with van der Waals surface area (Å²) in [5.74, 6) is 0.465. The van der Waals surface area contributed by atoms with E-state index in [0.717, 1.165) is 22.3 Å². The SMILES string of the molecule is CC(C)c1ccccc1Nc1ccc(N)c2ncccc12. The van der Waals surface area contributed by atoms with Crippen LogP contribution in [0.25, 0.3) is 10.9 Å². The van der Waals surface area contributed by atoms with E-state index in [9.17, 15) is 0 Å². The van der Waals surface area contributed by atoms with Gasteiger partial charge in [-0.2, -0.15) is 0 Å². The summed E-state index contributed by atoms with van der Waals surface area (Å²) >= 11 is 0. The molecular weight excluding hydrogens is 258 g/mol. The number of rotatable bonds is 3. The van der Waals surface area contributed by atoms with Crippen LogP contribution in [0.2, 0.25) is 0 Å². The van der Waals surface area contributed by atoms with E-state index in [1.807, 2.05) is 30.3 Å². The normalized spacial score (nSPS) is 11.0. The van der Waals surface area contributed by atoms with Crippen LogP contribution in [0, 0.1) is 0 Å². The first-order chi connectivity index (χ1) is 10.2. The number of pyridine rings is 1. The van der Waals surface area contributed by atoms with Gasteiger partial charge in [-0.15, -0.1) is 0 Å². The van der Waals surface area contributed by atoms with E-state index < -0.39 is 0 Å². The van der Waals surface area contributed by atoms with Crippen molar-refractivity contribution in [2.75, 3.05) is 11.1 Å². The van der Waals surface area contributed by atoms with E-state index in [2.05, 4.69) is 42.3 Å². The monoisotopic (exact) mass is 277 g/mol. The second kappa shape index (κ2) is 5.44. The minimum atomic E-state index is 0.465. The summed E-state index contributed by atoms with van der Waals surface area (Å²) in [6, 6.07) is 16.3. The van der Waals surface area contributed by atoms with E-state index in [0.29, 0.717) is 11.6 Å². The predicted octanol–water partition coefficient (Wildman–Crippen LogP) is 4.68. The third-order valence-electron chi connectivity index (χ3n) is 3.65. The van der Waals surface area contributed by atoms with Crippen molar-refractivity contribution in [2.24, 2.45) is 0 Å². The minimum absolute atomic E-state index is 0.465. The maximum absolute atomic E-state index is 6.01. The number of nitrogens with two attached hydrogens (primary N) is 1. The maximum Gasteiger partial charge on any atom is 0.0951 e. The van der Waals surface area contributed by atoms with Crippen LogP contribution in [-0.2, 0) is 0 Å². The molecule has 3 heteroatoms. The molecule has 3 rings (SSSR count). The fourth-order valence-electron chi connectivity index (χ4n) is 2.56. The maximum atomic E-state index is 6.01. The first kappa shape index (κ1) is 13.4. The molecule has 0 bridgehead atoms. The Morgan fingerprint density at radius 1 is 0.952 bits per heavy atom. The van der Waals surface area contributed by atoms with Crippen LogP contribution in [0.4, 0.5) is 17.1 Å². The van der Waals surface area contributed by atoms with Crippen LogP contribution in [0.3, 0.4) is 0 Å². The molecule has 0 saturated heterocycles. The molecule has 1 aromatic heterocycles. The van der Waals surface area contributed by atoms with Gasteiger partial charge in [-0.25, -0.2) is 0 Å². The molecule has 0 amide bonds. The lowest BCUT2D eigenvalue weighted by Gasteiger charge is -2.16. The number of hydrogen-bond donors (Lipinski definition) is 2. The molecule has 106 valence electrons. The number of hydrogen-bond acceptors (Lipinski definition) is 3. The molecule has 21 heavy (non-hydrogen) atoms. The van der Waals surface area contributed by atoms with Gasteiger partial charge in [0.05, 0.1) is 11.2 Å². The molecular formula is C18H19N3. The molecule has 3 N–H and O–H groups in total. The van der Waals surface area contributed by atoms with E-state index in [4.69, 9.17) is 5.73 Å². The van der Waals surface area contributed by atoms with Gasteiger partial charge in [0.15, 0.2) is 0 Å². The summed E-state index contributed by atoms with van der Waals surface area (Å²) in [5, 5.41) is 4.57. The van der Waals surface area contributed by atoms with Gasteiger partial charge in [-0.3, -0.25) is 4.98 Å². The van der Waals surface area contributed by atoms with Crippen molar-refractivity contribution < 1.29 is 0 Å². The minimum Gasteiger partial charge on any atom is -0.397 e. The first-order valence-electron chi connectivity index (χ1n) is 7.16. The Balaban J connectivity index is 2.09. The third kappa shape index (κ3) is 2.55. The molecule has 0 atom stereocenters. The molecule has 1 heterocycles. The predicted molar refractivity (Wildman–Crippen MR) is 90.0 cm³/mol. The molecule has 0 aliphatic carbocycles. The number of nitrogen functional groups attached to an aromatic ring is 1. The van der Waals surface area contributed by atoms with Gasteiger partial charge in [-0.05, 0) is 41.8 Å². The molecule has 0 fully saturated rings. The summed E-state index contributed by atoms with van der Waals surface area (Å²) < 4.78 is 0. The van der Waals surface area contributed by atoms with Gasteiger partial charge < -0.3 is 11.1 Å². The summed E-state index contributed by atoms with van der Waals surface area (Å²) in [6.07, 6.45) is 1.77. The van der Waals surface area contributed by atoms with Crippen LogP contribution >= 0.6 is 0 Å². The Morgan fingerprint density at radius 2 is 1.76 bits per heavy atom. The number of benzene rings is 2. The Labute approximate surface area is 124 Å². The topological polar surface area (TPSA) is 50.9 Å². The van der Waals surface area contributed by atoms with E-state index in [-0.39, 0.29) is 0 Å². The number of nitrogens with zero attached hydrogens (tertiary/aromatic N) is 1. The molecule has 0 spiro atoms. The van der Waals surface area contributed by atoms with Crippen molar-refractivity contribution in [1.29, 1.82) is 0 Å². The van der Waals surface area contributed by atoms with Gasteiger partial charge in [0.25, 0.3) is 0 Å². The molecule has 0 radical (unpaired) electrons. The van der Waals surface area contributed by atoms with Crippen molar-refractivity contribution in [1.82, 2.24) is 4.98 Å². The second-order valence-electron chi connectivity index (χ2n) is 5.47. The lowest BCUT2D eigenvalue weighted by Crippen LogP contribution is -1.99. The molecule has 0 unspecified atom stereocenters. The van der Waals surface area contributed by atoms with Crippen molar-refractivity contribution in [3.63, 3.8) is 0 Å². The Hall–Kier alpha value is -2.55. The van der Waals surface area contributed by atoms with Gasteiger partial charge in [-0.1, -0.05) is 32.0 Å². The van der Waals surface area contributed by atoms with Crippen LogP contribution < -0.4 is 11.1 Å². The zero-order valence-electron chi connectivity index (χ0n) is 12.3. The summed E-state index contributed by atoms with van der Waals surface area (Å²) in [7, 11) is 0. The van der Waals surface area contributed by atoms with Crippen LogP contribution in [-0.4, -0.2) is 4.98 Å². The van der Waals surface area contributed by atoms with Crippen molar-refractivity contribution >= 4 is 28.0 Å². The van der Waals surface area contributed by atoms with Crippen molar-refractivity contribution in [2.45, 2.75) is 19.8 Å². The largest absolute Gasteiger partial charge is 0.397 e. The highest BCUT2D eigenvalue weighted by molar-refractivity contribution is 5.99. The standard InChI is InChI=1S/C18H19N3/c1-12(2)13-6-3-4-8-16(13)21-17-10-9-15(19)18-14(17)7-5-11-20-18/h3-12,21H,19H2,1-2H3. The summed E-state index contributed by atoms with van der Waals surface area (Å²) in [4.78, 5) is 4.38. The number of fused-ring (bicyclic) bond motifs is 1. The Morgan fingerprint density at radius 3 is 2.57 bits per heavy atom. The van der Waals surface area contributed by atoms with Crippen LogP contribution in [0.15, 0.2) is 54.7 Å². The van der Waals surface area contributed by atoms with E-state index in [1.54, 1.807) is 6.20 Å². The average Bonchev–Trinajstić information content (AvgIpc) is 2.51. The molecule has 3 aromatic rings. The van der Waals surface area contributed by atoms with Gasteiger partial charge in [0.1, 0.15) is 0 Å². The third-order valence-corrected chi connectivity index (χ3v) is 3.65. The Kier molecular flexibility index (Phi) is 3.48. The summed E-state index contributed by atoms with van der Waals surface area (Å²) in [5.41, 5.74) is 11.0. The number of para-hydroxylation sites is 1. The molecule has 0 aliphatic rings. The fraction of sp³-hybridized carbons (Fsp3) is 0.167. The lowest BCUT2D eigenvalue weighted by molar-refractivity contribution is 0.869. The fourth-order valence-corrected chi connectivity index (χ4v) is 2.56. The highest BCUT2D eigenvalue weighted by atomic mass is 14.9. The van der Waals surface area contributed by atoms with Crippen LogP contribution in [0.5, 0.6) is 0 Å². The van der Waals surface area contributed by atoms with Crippen molar-refractivity contribution in [3.05, 3.63) is 60.3 Å². The smallest absolute Gasteiger partial charge is 0.0951 e. The van der Waals surface area contributed by atoms with Gasteiger partial charge in [0.2, 0.25) is 0 Å². The molecule has 3 nitrogen and oxygen atoms in total. The summed E-state index contributed by atoms with van der Waals surface area (Å²) in [6.45, 7) is 4.40. The molecule has 0 aliphatic heterocycles. The van der Waals surface area contributed by atoms with Crippen molar-refractivity contribution in [3.8, 4) is 0 Å². The molecule has 2 aromatic carbocycles. The average molecular weight is 277 g/mol. The second-order valence-corrected chi connectivity index (χ2v) is 5.47. The quantitative estimate of drug-likeness (QED) is 0.683. The van der Waals surface area contributed by atoms with Crippen LogP contribution in [0.1, 0.15) is 25.3 Å². The zero-order valence-corrected chi connectivity index (χ0v) is 12.3. The van der Waals surface area contributed by atoms with Gasteiger partial charge >= 0.3 is 0 Å². The van der Waals surface area contributed by atoms with E-state index in [1.165, 1.54) is 5.56 Å². The highest BCUT2D eigenvalue weighted by Crippen LogP contribution is 2.32. The highest BCUT2D eigenvalue weighted by Gasteiger charge is 2.09. The zero-order chi connectivity index (χ0) is 14.8. The lowest BCUT2D eigenvalue weighted by atomic mass is 10.0. The number of aromatic nitrogens is 1. The first-order valence-corrected chi connectivity index (χ1v) is 7.16.